The van der Waals surface area contributed by atoms with E-state index in [4.69, 9.17) is 10.2 Å². The molecule has 0 atom stereocenters. The molecule has 0 aliphatic rings. The highest BCUT2D eigenvalue weighted by Gasteiger charge is 2.32. The summed E-state index contributed by atoms with van der Waals surface area (Å²) in [6.07, 6.45) is -4.76. The van der Waals surface area contributed by atoms with Crippen molar-refractivity contribution >= 4 is 0 Å². The molecule has 1 rings (SSSR count). The fraction of sp³-hybridized carbons (Fsp3) is 0.455. The minimum Gasteiger partial charge on any atom is -0.406 e. The van der Waals surface area contributed by atoms with Crippen LogP contribution >= 0.6 is 0 Å². The van der Waals surface area contributed by atoms with E-state index in [9.17, 15) is 13.2 Å². The Morgan fingerprint density at radius 1 is 1.18 bits per heavy atom. The molecule has 0 aromatic heterocycles. The maximum atomic E-state index is 12.0. The molecule has 0 aliphatic heterocycles. The van der Waals surface area contributed by atoms with E-state index in [1.165, 1.54) is 12.1 Å². The van der Waals surface area contributed by atoms with Gasteiger partial charge in [0.15, 0.2) is 0 Å². The first-order chi connectivity index (χ1) is 7.80. The molecular weight excluding hydrogens is 237 g/mol. The Morgan fingerprint density at radius 2 is 1.76 bits per heavy atom. The van der Waals surface area contributed by atoms with Crippen molar-refractivity contribution in [2.24, 2.45) is 0 Å². The van der Waals surface area contributed by atoms with Crippen LogP contribution < -0.4 is 4.74 Å². The quantitative estimate of drug-likeness (QED) is 0.857. The number of alkyl halides is 3. The zero-order chi connectivity index (χ0) is 13.1. The van der Waals surface area contributed by atoms with Crippen LogP contribution in [0, 0.1) is 0 Å². The van der Waals surface area contributed by atoms with E-state index in [-0.39, 0.29) is 19.0 Å². The second-order valence-corrected chi connectivity index (χ2v) is 3.95. The Kier molecular flexibility index (Phi) is 4.00. The summed E-state index contributed by atoms with van der Waals surface area (Å²) < 4.78 is 39.8. The fourth-order valence-electron chi connectivity index (χ4n) is 1.30. The lowest BCUT2D eigenvalue weighted by Gasteiger charge is -2.25. The van der Waals surface area contributed by atoms with Gasteiger partial charge in [0, 0.05) is 5.41 Å². The number of ether oxygens (including phenoxy) is 1. The minimum atomic E-state index is -4.76. The third-order valence-electron chi connectivity index (χ3n) is 2.46. The Hall–Kier alpha value is -1.27. The number of benzene rings is 1. The van der Waals surface area contributed by atoms with Gasteiger partial charge >= 0.3 is 6.36 Å². The first kappa shape index (κ1) is 13.8. The second-order valence-electron chi connectivity index (χ2n) is 3.95. The molecule has 0 saturated carbocycles. The highest BCUT2D eigenvalue weighted by atomic mass is 19.4. The number of aliphatic hydroxyl groups excluding tert-OH is 2. The fourth-order valence-corrected chi connectivity index (χ4v) is 1.30. The highest BCUT2D eigenvalue weighted by molar-refractivity contribution is 5.33. The Bertz CT molecular complexity index is 372. The summed E-state index contributed by atoms with van der Waals surface area (Å²) in [5, 5.41) is 18.3. The van der Waals surface area contributed by atoms with Crippen LogP contribution in [-0.2, 0) is 5.41 Å². The van der Waals surface area contributed by atoms with Crippen molar-refractivity contribution in [3.8, 4) is 5.75 Å². The van der Waals surface area contributed by atoms with Crippen LogP contribution in [-0.4, -0.2) is 29.8 Å². The Labute approximate surface area is 96.5 Å². The summed E-state index contributed by atoms with van der Waals surface area (Å²) in [4.78, 5) is 0. The van der Waals surface area contributed by atoms with Gasteiger partial charge in [0.2, 0.25) is 0 Å². The molecule has 0 heterocycles. The molecule has 0 bridgehead atoms. The highest BCUT2D eigenvalue weighted by Crippen LogP contribution is 2.29. The molecule has 0 saturated heterocycles. The van der Waals surface area contributed by atoms with E-state index in [1.807, 2.05) is 0 Å². The minimum absolute atomic E-state index is 0.372. The lowest BCUT2D eigenvalue weighted by atomic mass is 9.84. The lowest BCUT2D eigenvalue weighted by molar-refractivity contribution is -0.274. The number of aliphatic hydroxyl groups is 2. The SMILES string of the molecule is CC(CO)(CO)c1cccc(OC(F)(F)F)c1. The second kappa shape index (κ2) is 4.93. The van der Waals surface area contributed by atoms with Crippen molar-refractivity contribution in [1.29, 1.82) is 0 Å². The maximum Gasteiger partial charge on any atom is 0.573 e. The van der Waals surface area contributed by atoms with Gasteiger partial charge in [-0.15, -0.1) is 13.2 Å². The van der Waals surface area contributed by atoms with Crippen LogP contribution in [0.4, 0.5) is 13.2 Å². The van der Waals surface area contributed by atoms with E-state index in [0.717, 1.165) is 12.1 Å². The smallest absolute Gasteiger partial charge is 0.406 e. The molecule has 0 radical (unpaired) electrons. The van der Waals surface area contributed by atoms with Gasteiger partial charge in [-0.05, 0) is 17.7 Å². The van der Waals surface area contributed by atoms with E-state index >= 15 is 0 Å². The normalized spacial score (nSPS) is 12.6. The van der Waals surface area contributed by atoms with E-state index in [1.54, 1.807) is 6.92 Å². The van der Waals surface area contributed by atoms with Gasteiger partial charge in [-0.2, -0.15) is 0 Å². The van der Waals surface area contributed by atoms with Crippen molar-refractivity contribution in [1.82, 2.24) is 0 Å². The molecule has 0 amide bonds. The lowest BCUT2D eigenvalue weighted by Crippen LogP contribution is -2.31. The standard InChI is InChI=1S/C11H13F3O3/c1-10(6-15,7-16)8-3-2-4-9(5-8)17-11(12,13)14/h2-5,15-16H,6-7H2,1H3. The molecule has 0 unspecified atom stereocenters. The average molecular weight is 250 g/mol. The molecule has 96 valence electrons. The summed E-state index contributed by atoms with van der Waals surface area (Å²) in [6, 6.07) is 5.21. The summed E-state index contributed by atoms with van der Waals surface area (Å²) in [6.45, 7) is 0.789. The molecule has 2 N–H and O–H groups in total. The van der Waals surface area contributed by atoms with Gasteiger partial charge in [0.05, 0.1) is 13.2 Å². The largest absolute Gasteiger partial charge is 0.573 e. The molecule has 3 nitrogen and oxygen atoms in total. The molecule has 17 heavy (non-hydrogen) atoms. The van der Waals surface area contributed by atoms with Crippen LogP contribution in [0.15, 0.2) is 24.3 Å². The molecule has 0 spiro atoms. The van der Waals surface area contributed by atoms with Crippen LogP contribution in [0.1, 0.15) is 12.5 Å². The molecular formula is C11H13F3O3. The monoisotopic (exact) mass is 250 g/mol. The van der Waals surface area contributed by atoms with Gasteiger partial charge in [0.25, 0.3) is 0 Å². The molecule has 6 heteroatoms. The van der Waals surface area contributed by atoms with E-state index in [2.05, 4.69) is 4.74 Å². The number of hydrogen-bond acceptors (Lipinski definition) is 3. The topological polar surface area (TPSA) is 49.7 Å². The average Bonchev–Trinajstić information content (AvgIpc) is 2.26. The van der Waals surface area contributed by atoms with Crippen molar-refractivity contribution in [2.75, 3.05) is 13.2 Å². The molecule has 1 aromatic rings. The zero-order valence-corrected chi connectivity index (χ0v) is 9.16. The van der Waals surface area contributed by atoms with Gasteiger partial charge in [-0.3, -0.25) is 0 Å². The number of hydrogen-bond donors (Lipinski definition) is 2. The van der Waals surface area contributed by atoms with Gasteiger partial charge < -0.3 is 14.9 Å². The van der Waals surface area contributed by atoms with Crippen LogP contribution in [0.3, 0.4) is 0 Å². The van der Waals surface area contributed by atoms with Crippen LogP contribution in [0.2, 0.25) is 0 Å². The third kappa shape index (κ3) is 3.61. The molecule has 0 aliphatic carbocycles. The summed E-state index contributed by atoms with van der Waals surface area (Å²) in [7, 11) is 0. The third-order valence-corrected chi connectivity index (χ3v) is 2.46. The van der Waals surface area contributed by atoms with Crippen LogP contribution in [0.25, 0.3) is 0 Å². The predicted molar refractivity (Wildman–Crippen MR) is 54.6 cm³/mol. The van der Waals surface area contributed by atoms with E-state index < -0.39 is 11.8 Å². The summed E-state index contributed by atoms with van der Waals surface area (Å²) in [5.74, 6) is -0.372. The van der Waals surface area contributed by atoms with Crippen molar-refractivity contribution in [2.45, 2.75) is 18.7 Å². The Morgan fingerprint density at radius 3 is 2.24 bits per heavy atom. The van der Waals surface area contributed by atoms with Crippen molar-refractivity contribution in [3.05, 3.63) is 29.8 Å². The van der Waals surface area contributed by atoms with Gasteiger partial charge in [-0.1, -0.05) is 19.1 Å². The maximum absolute atomic E-state index is 12.0. The number of halogens is 3. The van der Waals surface area contributed by atoms with E-state index in [0.29, 0.717) is 5.56 Å². The Balaban J connectivity index is 3.01. The van der Waals surface area contributed by atoms with Crippen molar-refractivity contribution in [3.63, 3.8) is 0 Å². The summed E-state index contributed by atoms with van der Waals surface area (Å²) >= 11 is 0. The first-order valence-electron chi connectivity index (χ1n) is 4.89. The van der Waals surface area contributed by atoms with Gasteiger partial charge in [-0.25, -0.2) is 0 Å². The van der Waals surface area contributed by atoms with Gasteiger partial charge in [0.1, 0.15) is 5.75 Å². The first-order valence-corrected chi connectivity index (χ1v) is 4.89. The molecule has 0 fully saturated rings. The van der Waals surface area contributed by atoms with Crippen LogP contribution in [0.5, 0.6) is 5.75 Å². The summed E-state index contributed by atoms with van der Waals surface area (Å²) in [5.41, 5.74) is -0.616. The molecule has 1 aromatic carbocycles. The predicted octanol–water partition coefficient (Wildman–Crippen LogP) is 1.83. The number of rotatable bonds is 4. The van der Waals surface area contributed by atoms with Crippen molar-refractivity contribution < 1.29 is 28.1 Å². The zero-order valence-electron chi connectivity index (χ0n) is 9.16.